The summed E-state index contributed by atoms with van der Waals surface area (Å²) < 4.78 is 14.1. The molecule has 1 aliphatic heterocycles. The van der Waals surface area contributed by atoms with Crippen LogP contribution in [0.25, 0.3) is 0 Å². The summed E-state index contributed by atoms with van der Waals surface area (Å²) in [6.45, 7) is 1.87. The van der Waals surface area contributed by atoms with E-state index in [9.17, 15) is 14.0 Å². The van der Waals surface area contributed by atoms with Crippen molar-refractivity contribution in [2.75, 3.05) is 26.2 Å². The first-order valence-corrected chi connectivity index (χ1v) is 9.37. The minimum atomic E-state index is -0.366. The number of hydrogen-bond acceptors (Lipinski definition) is 2. The molecule has 0 unspecified atom stereocenters. The first-order chi connectivity index (χ1) is 12.4. The minimum Gasteiger partial charge on any atom is -0.339 e. The third kappa shape index (κ3) is 4.43. The van der Waals surface area contributed by atoms with E-state index in [0.29, 0.717) is 46.8 Å². The SMILES string of the molecule is O=C(Cc1cc(F)ccc1Br)N1CCN(C(=O)c2ccc(Cl)cc2)CC1. The van der Waals surface area contributed by atoms with Crippen molar-refractivity contribution >= 4 is 39.3 Å². The highest BCUT2D eigenvalue weighted by molar-refractivity contribution is 9.10. The molecule has 0 N–H and O–H groups in total. The van der Waals surface area contributed by atoms with Gasteiger partial charge in [0.1, 0.15) is 5.82 Å². The van der Waals surface area contributed by atoms with Crippen LogP contribution in [0, 0.1) is 5.82 Å². The molecule has 0 radical (unpaired) electrons. The number of rotatable bonds is 3. The van der Waals surface area contributed by atoms with Crippen LogP contribution in [0.4, 0.5) is 4.39 Å². The van der Waals surface area contributed by atoms with Crippen LogP contribution in [0.5, 0.6) is 0 Å². The molecule has 136 valence electrons. The summed E-state index contributed by atoms with van der Waals surface area (Å²) >= 11 is 9.19. The van der Waals surface area contributed by atoms with Gasteiger partial charge in [-0.15, -0.1) is 0 Å². The molecule has 0 aliphatic carbocycles. The lowest BCUT2D eigenvalue weighted by atomic mass is 10.1. The molecule has 1 saturated heterocycles. The number of piperazine rings is 1. The highest BCUT2D eigenvalue weighted by atomic mass is 79.9. The Balaban J connectivity index is 1.57. The average molecular weight is 440 g/mol. The van der Waals surface area contributed by atoms with Crippen LogP contribution < -0.4 is 0 Å². The van der Waals surface area contributed by atoms with E-state index >= 15 is 0 Å². The Morgan fingerprint density at radius 1 is 1.00 bits per heavy atom. The summed E-state index contributed by atoms with van der Waals surface area (Å²) in [6, 6.07) is 11.1. The molecule has 1 aliphatic rings. The molecule has 2 aromatic rings. The second kappa shape index (κ2) is 8.18. The smallest absolute Gasteiger partial charge is 0.253 e. The maximum atomic E-state index is 13.4. The van der Waals surface area contributed by atoms with E-state index in [1.54, 1.807) is 40.1 Å². The van der Waals surface area contributed by atoms with Crippen LogP contribution in [0.2, 0.25) is 5.02 Å². The fourth-order valence-electron chi connectivity index (χ4n) is 2.89. The largest absolute Gasteiger partial charge is 0.339 e. The molecule has 0 atom stereocenters. The van der Waals surface area contributed by atoms with Gasteiger partial charge in [-0.3, -0.25) is 9.59 Å². The van der Waals surface area contributed by atoms with Gasteiger partial charge in [-0.05, 0) is 48.0 Å². The third-order valence-electron chi connectivity index (χ3n) is 4.36. The Bertz CT molecular complexity index is 821. The summed E-state index contributed by atoms with van der Waals surface area (Å²) in [7, 11) is 0. The highest BCUT2D eigenvalue weighted by Crippen LogP contribution is 2.20. The van der Waals surface area contributed by atoms with Gasteiger partial charge in [0.05, 0.1) is 6.42 Å². The summed E-state index contributed by atoms with van der Waals surface area (Å²) in [5.74, 6) is -0.508. The van der Waals surface area contributed by atoms with Crippen molar-refractivity contribution in [3.05, 3.63) is 68.9 Å². The van der Waals surface area contributed by atoms with Gasteiger partial charge in [0.2, 0.25) is 5.91 Å². The van der Waals surface area contributed by atoms with Gasteiger partial charge >= 0.3 is 0 Å². The van der Waals surface area contributed by atoms with Crippen molar-refractivity contribution in [3.8, 4) is 0 Å². The summed E-state index contributed by atoms with van der Waals surface area (Å²) in [4.78, 5) is 28.4. The normalized spacial score (nSPS) is 14.4. The van der Waals surface area contributed by atoms with E-state index in [-0.39, 0.29) is 24.1 Å². The van der Waals surface area contributed by atoms with E-state index in [1.165, 1.54) is 12.1 Å². The summed E-state index contributed by atoms with van der Waals surface area (Å²) in [5, 5.41) is 0.584. The molecule has 0 saturated carbocycles. The van der Waals surface area contributed by atoms with Crippen molar-refractivity contribution < 1.29 is 14.0 Å². The molecule has 2 aromatic carbocycles. The number of carbonyl (C=O) groups excluding carboxylic acids is 2. The van der Waals surface area contributed by atoms with Gasteiger partial charge in [-0.1, -0.05) is 27.5 Å². The molecule has 3 rings (SSSR count). The molecule has 1 heterocycles. The second-order valence-corrected chi connectivity index (χ2v) is 7.38. The molecule has 26 heavy (non-hydrogen) atoms. The summed E-state index contributed by atoms with van der Waals surface area (Å²) in [5.41, 5.74) is 1.20. The maximum Gasteiger partial charge on any atom is 0.253 e. The molecule has 0 spiro atoms. The Labute approximate surface area is 164 Å². The van der Waals surface area contributed by atoms with Crippen LogP contribution in [-0.4, -0.2) is 47.8 Å². The lowest BCUT2D eigenvalue weighted by Gasteiger charge is -2.35. The standard InChI is InChI=1S/C19H17BrClFN2O2/c20-17-6-5-16(22)11-14(17)12-18(25)23-7-9-24(10-8-23)19(26)13-1-3-15(21)4-2-13/h1-6,11H,7-10,12H2. The highest BCUT2D eigenvalue weighted by Gasteiger charge is 2.25. The van der Waals surface area contributed by atoms with Gasteiger partial charge in [-0.2, -0.15) is 0 Å². The van der Waals surface area contributed by atoms with Crippen LogP contribution in [-0.2, 0) is 11.2 Å². The van der Waals surface area contributed by atoms with Crippen molar-refractivity contribution in [1.82, 2.24) is 9.80 Å². The first kappa shape index (κ1) is 18.9. The van der Waals surface area contributed by atoms with Crippen molar-refractivity contribution in [2.45, 2.75) is 6.42 Å². The van der Waals surface area contributed by atoms with E-state index < -0.39 is 0 Å². The van der Waals surface area contributed by atoms with Gasteiger partial charge in [0.15, 0.2) is 0 Å². The van der Waals surface area contributed by atoms with E-state index in [2.05, 4.69) is 15.9 Å². The molecule has 4 nitrogen and oxygen atoms in total. The molecular formula is C19H17BrClFN2O2. The number of amides is 2. The van der Waals surface area contributed by atoms with Gasteiger partial charge in [0.25, 0.3) is 5.91 Å². The van der Waals surface area contributed by atoms with Crippen molar-refractivity contribution in [3.63, 3.8) is 0 Å². The number of carbonyl (C=O) groups is 2. The van der Waals surface area contributed by atoms with Crippen molar-refractivity contribution in [1.29, 1.82) is 0 Å². The monoisotopic (exact) mass is 438 g/mol. The van der Waals surface area contributed by atoms with Gasteiger partial charge < -0.3 is 9.80 Å². The zero-order valence-electron chi connectivity index (χ0n) is 13.9. The van der Waals surface area contributed by atoms with Gasteiger partial charge in [-0.25, -0.2) is 4.39 Å². The van der Waals surface area contributed by atoms with E-state index in [0.717, 1.165) is 0 Å². The van der Waals surface area contributed by atoms with E-state index in [4.69, 9.17) is 11.6 Å². The van der Waals surface area contributed by atoms with Crippen LogP contribution in [0.3, 0.4) is 0 Å². The second-order valence-electron chi connectivity index (χ2n) is 6.09. The van der Waals surface area contributed by atoms with Gasteiger partial charge in [0, 0.05) is 41.2 Å². The Kier molecular flexibility index (Phi) is 5.94. The fourth-order valence-corrected chi connectivity index (χ4v) is 3.40. The topological polar surface area (TPSA) is 40.6 Å². The molecule has 0 bridgehead atoms. The quantitative estimate of drug-likeness (QED) is 0.730. The zero-order valence-corrected chi connectivity index (χ0v) is 16.3. The third-order valence-corrected chi connectivity index (χ3v) is 5.39. The predicted molar refractivity (Wildman–Crippen MR) is 102 cm³/mol. The lowest BCUT2D eigenvalue weighted by molar-refractivity contribution is -0.131. The maximum absolute atomic E-state index is 13.4. The van der Waals surface area contributed by atoms with Crippen LogP contribution in [0.1, 0.15) is 15.9 Å². The Hall–Kier alpha value is -1.92. The molecular weight excluding hydrogens is 423 g/mol. The molecule has 7 heteroatoms. The molecule has 1 fully saturated rings. The Morgan fingerprint density at radius 2 is 1.62 bits per heavy atom. The van der Waals surface area contributed by atoms with E-state index in [1.807, 2.05) is 0 Å². The number of hydrogen-bond donors (Lipinski definition) is 0. The van der Waals surface area contributed by atoms with Crippen molar-refractivity contribution in [2.24, 2.45) is 0 Å². The molecule has 2 amide bonds. The average Bonchev–Trinajstić information content (AvgIpc) is 2.65. The van der Waals surface area contributed by atoms with Crippen LogP contribution >= 0.6 is 27.5 Å². The van der Waals surface area contributed by atoms with Crippen LogP contribution in [0.15, 0.2) is 46.9 Å². The number of benzene rings is 2. The minimum absolute atomic E-state index is 0.0679. The zero-order chi connectivity index (χ0) is 18.7. The predicted octanol–water partition coefficient (Wildman–Crippen LogP) is 3.77. The fraction of sp³-hybridized carbons (Fsp3) is 0.263. The summed E-state index contributed by atoms with van der Waals surface area (Å²) in [6.07, 6.45) is 0.128. The first-order valence-electron chi connectivity index (χ1n) is 8.20. The lowest BCUT2D eigenvalue weighted by Crippen LogP contribution is -2.51. The number of halogens is 3. The Morgan fingerprint density at radius 3 is 2.27 bits per heavy atom. The number of nitrogens with zero attached hydrogens (tertiary/aromatic N) is 2. The molecule has 0 aromatic heterocycles.